The zero-order chi connectivity index (χ0) is 22.9. The van der Waals surface area contributed by atoms with Gasteiger partial charge in [-0.3, -0.25) is 19.5 Å². The van der Waals surface area contributed by atoms with E-state index in [1.807, 2.05) is 36.4 Å². The Morgan fingerprint density at radius 1 is 0.971 bits per heavy atom. The summed E-state index contributed by atoms with van der Waals surface area (Å²) in [5, 5.41) is 3.96. The molecule has 3 heterocycles. The van der Waals surface area contributed by atoms with Crippen molar-refractivity contribution in [2.45, 2.75) is 12.5 Å². The van der Waals surface area contributed by atoms with Crippen molar-refractivity contribution in [3.8, 4) is 5.69 Å². The fourth-order valence-electron chi connectivity index (χ4n) is 4.10. The second kappa shape index (κ2) is 9.80. The monoisotopic (exact) mass is 494 g/mol. The Hall–Kier alpha value is -3.46. The van der Waals surface area contributed by atoms with Crippen LogP contribution in [-0.4, -0.2) is 40.4 Å². The number of carbonyl (C=O) groups is 2. The number of carbonyl (C=O) groups excluding carboxylic acids is 2. The van der Waals surface area contributed by atoms with Crippen LogP contribution in [0.5, 0.6) is 0 Å². The predicted molar refractivity (Wildman–Crippen MR) is 138 cm³/mol. The van der Waals surface area contributed by atoms with E-state index in [9.17, 15) is 14.4 Å². The van der Waals surface area contributed by atoms with E-state index in [0.717, 1.165) is 6.42 Å². The Morgan fingerprint density at radius 3 is 2.29 bits per heavy atom. The molecule has 0 saturated carbocycles. The van der Waals surface area contributed by atoms with Crippen LogP contribution in [0.25, 0.3) is 15.9 Å². The number of aromatic nitrogens is 1. The molecule has 0 spiro atoms. The summed E-state index contributed by atoms with van der Waals surface area (Å²) in [5.74, 6) is -0.214. The van der Waals surface area contributed by atoms with Crippen LogP contribution in [0.15, 0.2) is 77.6 Å². The number of fused-ring (bicyclic) bond motifs is 1. The Kier molecular flexibility index (Phi) is 6.83. The number of thiophene rings is 1. The summed E-state index contributed by atoms with van der Waals surface area (Å²) in [7, 11) is 0. The quantitative estimate of drug-likeness (QED) is 0.414. The third-order valence-electron chi connectivity index (χ3n) is 5.75. The molecule has 34 heavy (non-hydrogen) atoms. The molecule has 0 unspecified atom stereocenters. The molecule has 2 amide bonds. The molecule has 0 radical (unpaired) electrons. The average molecular weight is 495 g/mol. The first kappa shape index (κ1) is 23.7. The number of amides is 2. The van der Waals surface area contributed by atoms with Gasteiger partial charge in [0.15, 0.2) is 5.78 Å². The third kappa shape index (κ3) is 4.35. The highest BCUT2D eigenvalue weighted by molar-refractivity contribution is 7.23. The van der Waals surface area contributed by atoms with Crippen LogP contribution in [0.1, 0.15) is 22.3 Å². The number of ketones is 1. The number of nitrogens with one attached hydrogen (secondary N) is 1. The van der Waals surface area contributed by atoms with E-state index in [1.54, 1.807) is 39.8 Å². The lowest BCUT2D eigenvalue weighted by Gasteiger charge is -2.16. The summed E-state index contributed by atoms with van der Waals surface area (Å²) in [6, 6.07) is 20.9. The molecular weight excluding hydrogens is 472 g/mol. The summed E-state index contributed by atoms with van der Waals surface area (Å²) in [5.41, 5.74) is 7.33. The first-order valence-electron chi connectivity index (χ1n) is 10.7. The van der Waals surface area contributed by atoms with Crippen molar-refractivity contribution in [1.82, 2.24) is 9.47 Å². The number of benzene rings is 2. The maximum Gasteiger partial charge on any atom is 0.322 e. The molecular formula is C25H23ClN4O3S. The van der Waals surface area contributed by atoms with E-state index < -0.39 is 0 Å². The molecule has 2 aromatic carbocycles. The highest BCUT2D eigenvalue weighted by atomic mass is 35.5. The lowest BCUT2D eigenvalue weighted by molar-refractivity contribution is 0.104. The molecule has 7 nitrogen and oxygen atoms in total. The van der Waals surface area contributed by atoms with Gasteiger partial charge in [0.05, 0.1) is 11.3 Å². The third-order valence-corrected chi connectivity index (χ3v) is 6.86. The molecule has 3 N–H and O–H groups in total. The number of para-hydroxylation sites is 1. The smallest absolute Gasteiger partial charge is 0.322 e. The van der Waals surface area contributed by atoms with Gasteiger partial charge in [0.25, 0.3) is 5.56 Å². The van der Waals surface area contributed by atoms with Gasteiger partial charge in [-0.1, -0.05) is 59.9 Å². The number of hydrogen-bond donors (Lipinski definition) is 2. The number of rotatable bonds is 4. The van der Waals surface area contributed by atoms with Crippen LogP contribution in [0, 0.1) is 0 Å². The van der Waals surface area contributed by atoms with E-state index >= 15 is 0 Å². The van der Waals surface area contributed by atoms with E-state index in [4.69, 9.17) is 5.73 Å². The number of pyridine rings is 1. The van der Waals surface area contributed by atoms with Crippen molar-refractivity contribution in [2.75, 3.05) is 18.4 Å². The normalized spacial score (nSPS) is 15.2. The van der Waals surface area contributed by atoms with E-state index in [-0.39, 0.29) is 35.8 Å². The highest BCUT2D eigenvalue weighted by Gasteiger charge is 2.28. The molecule has 1 fully saturated rings. The Balaban J connectivity index is 0.00000274. The summed E-state index contributed by atoms with van der Waals surface area (Å²) < 4.78 is 1.57. The van der Waals surface area contributed by atoms with Crippen molar-refractivity contribution in [3.05, 3.63) is 94.3 Å². The van der Waals surface area contributed by atoms with Gasteiger partial charge >= 0.3 is 6.03 Å². The van der Waals surface area contributed by atoms with E-state index in [0.29, 0.717) is 45.1 Å². The van der Waals surface area contributed by atoms with Gasteiger partial charge in [0.2, 0.25) is 0 Å². The van der Waals surface area contributed by atoms with Gasteiger partial charge in [-0.2, -0.15) is 0 Å². The van der Waals surface area contributed by atoms with Crippen LogP contribution in [0.4, 0.5) is 9.80 Å². The van der Waals surface area contributed by atoms with Crippen LogP contribution in [-0.2, 0) is 0 Å². The van der Waals surface area contributed by atoms with Gasteiger partial charge in [-0.05, 0) is 24.6 Å². The number of nitrogens with zero attached hydrogens (tertiary/aromatic N) is 2. The summed E-state index contributed by atoms with van der Waals surface area (Å²) in [4.78, 5) is 41.6. The molecule has 0 bridgehead atoms. The molecule has 9 heteroatoms. The van der Waals surface area contributed by atoms with E-state index in [2.05, 4.69) is 5.32 Å². The van der Waals surface area contributed by atoms with Crippen LogP contribution in [0.3, 0.4) is 0 Å². The fraction of sp³-hybridized carbons (Fsp3) is 0.160. The molecule has 1 saturated heterocycles. The van der Waals surface area contributed by atoms with Crippen LogP contribution < -0.4 is 16.6 Å². The van der Waals surface area contributed by atoms with Gasteiger partial charge in [0, 0.05) is 36.1 Å². The fourth-order valence-corrected chi connectivity index (χ4v) is 5.30. The summed E-state index contributed by atoms with van der Waals surface area (Å²) in [6.07, 6.45) is 0.739. The van der Waals surface area contributed by atoms with E-state index in [1.165, 1.54) is 17.4 Å². The largest absolute Gasteiger partial charge is 0.326 e. The molecule has 5 rings (SSSR count). The topological polar surface area (TPSA) is 97.4 Å². The minimum absolute atomic E-state index is 0. The number of nitrogens with two attached hydrogens (primary N) is 1. The lowest BCUT2D eigenvalue weighted by Crippen LogP contribution is -2.35. The Bertz CT molecular complexity index is 1400. The minimum Gasteiger partial charge on any atom is -0.326 e. The maximum absolute atomic E-state index is 13.6. The minimum atomic E-state index is -0.301. The van der Waals surface area contributed by atoms with Crippen molar-refractivity contribution >= 4 is 50.8 Å². The molecule has 1 aliphatic heterocycles. The van der Waals surface area contributed by atoms with Crippen LogP contribution >= 0.6 is 23.7 Å². The maximum atomic E-state index is 13.6. The molecule has 1 aliphatic rings. The zero-order valence-electron chi connectivity index (χ0n) is 18.1. The van der Waals surface area contributed by atoms with Crippen molar-refractivity contribution < 1.29 is 9.59 Å². The highest BCUT2D eigenvalue weighted by Crippen LogP contribution is 2.37. The second-order valence-electron chi connectivity index (χ2n) is 7.99. The van der Waals surface area contributed by atoms with Crippen LogP contribution in [0.2, 0.25) is 0 Å². The van der Waals surface area contributed by atoms with Crippen molar-refractivity contribution in [3.63, 3.8) is 0 Å². The SMILES string of the molecule is Cl.N[C@@H]1CCN(C(=O)Nc2sc3c(ccc(=O)n3-c3ccccc3)c2C(=O)c2ccccc2)C1. The van der Waals surface area contributed by atoms with Crippen molar-refractivity contribution in [2.24, 2.45) is 5.73 Å². The Labute approximate surface area is 206 Å². The van der Waals surface area contributed by atoms with Gasteiger partial charge in [-0.25, -0.2) is 4.79 Å². The predicted octanol–water partition coefficient (Wildman–Crippen LogP) is 4.27. The first-order chi connectivity index (χ1) is 16.0. The molecule has 0 aliphatic carbocycles. The lowest BCUT2D eigenvalue weighted by atomic mass is 10.0. The zero-order valence-corrected chi connectivity index (χ0v) is 19.8. The molecule has 174 valence electrons. The number of anilines is 1. The summed E-state index contributed by atoms with van der Waals surface area (Å²) >= 11 is 1.22. The number of halogens is 1. The van der Waals surface area contributed by atoms with Gasteiger partial charge in [-0.15, -0.1) is 12.4 Å². The number of hydrogen-bond acceptors (Lipinski definition) is 5. The Morgan fingerprint density at radius 2 is 1.65 bits per heavy atom. The second-order valence-corrected chi connectivity index (χ2v) is 8.99. The number of likely N-dealkylation sites (tertiary alicyclic amines) is 1. The van der Waals surface area contributed by atoms with Gasteiger partial charge < -0.3 is 10.6 Å². The number of urea groups is 1. The molecule has 4 aromatic rings. The standard InChI is InChI=1S/C25H22N4O3S.ClH/c26-17-13-14-28(15-17)25(32)27-23-21(22(31)16-7-3-1-4-8-16)19-11-12-20(30)29(24(19)33-23)18-9-5-2-6-10-18;/h1-12,17H,13-15,26H2,(H,27,32);1H/t17-;/m1./s1. The average Bonchev–Trinajstić information content (AvgIpc) is 3.43. The first-order valence-corrected chi connectivity index (χ1v) is 11.5. The molecule has 1 atom stereocenters. The molecule has 2 aromatic heterocycles. The summed E-state index contributed by atoms with van der Waals surface area (Å²) in [6.45, 7) is 1.03. The van der Waals surface area contributed by atoms with Crippen molar-refractivity contribution in [1.29, 1.82) is 0 Å². The van der Waals surface area contributed by atoms with Gasteiger partial charge in [0.1, 0.15) is 9.83 Å².